The van der Waals surface area contributed by atoms with Gasteiger partial charge in [-0.1, -0.05) is 36.9 Å². The van der Waals surface area contributed by atoms with Crippen molar-refractivity contribution in [3.8, 4) is 0 Å². The second-order valence-corrected chi connectivity index (χ2v) is 2.36. The van der Waals surface area contributed by atoms with Gasteiger partial charge in [0.1, 0.15) is 0 Å². The van der Waals surface area contributed by atoms with Gasteiger partial charge in [0.2, 0.25) is 0 Å². The minimum Gasteiger partial charge on any atom is -0.0890 e. The largest absolute Gasteiger partial charge is 0.0890 e. The summed E-state index contributed by atoms with van der Waals surface area (Å²) in [5.41, 5.74) is 2.57. The van der Waals surface area contributed by atoms with Crippen LogP contribution in [0.5, 0.6) is 0 Å². The zero-order chi connectivity index (χ0) is 6.69. The number of hydrogen-bond donors (Lipinski definition) is 0. The van der Waals surface area contributed by atoms with E-state index in [1.165, 1.54) is 11.1 Å². The fraction of sp³-hybridized carbons (Fsp3) is 0.250. The maximum Gasteiger partial charge on any atom is 0.0291 e. The van der Waals surface area contributed by atoms with Crippen LogP contribution >= 0.6 is 12.6 Å². The molecular weight excluding hydrogens is 128 g/mol. The molecule has 1 heteroatoms. The zero-order valence-corrected chi connectivity index (χ0v) is 6.24. The number of rotatable bonds is 1. The molecule has 0 spiro atoms. The van der Waals surface area contributed by atoms with Crippen LogP contribution < -0.4 is 0 Å². The Balaban J connectivity index is 3.01. The van der Waals surface area contributed by atoms with Gasteiger partial charge in [-0.05, 0) is 18.1 Å². The van der Waals surface area contributed by atoms with Crippen LogP contribution in [0.3, 0.4) is 0 Å². The molecule has 0 aromatic heterocycles. The molecule has 0 aliphatic heterocycles. The summed E-state index contributed by atoms with van der Waals surface area (Å²) >= 11 is 4.91. The van der Waals surface area contributed by atoms with Crippen LogP contribution in [0.25, 0.3) is 0 Å². The van der Waals surface area contributed by atoms with Crippen molar-refractivity contribution < 1.29 is 0 Å². The minimum atomic E-state index is 0.729. The van der Waals surface area contributed by atoms with E-state index in [1.54, 1.807) is 0 Å². The van der Waals surface area contributed by atoms with E-state index in [1.807, 2.05) is 12.1 Å². The van der Waals surface area contributed by atoms with Gasteiger partial charge < -0.3 is 0 Å². The van der Waals surface area contributed by atoms with Crippen molar-refractivity contribution in [1.82, 2.24) is 0 Å². The van der Waals surface area contributed by atoms with Crippen LogP contribution in [0.15, 0.2) is 24.3 Å². The van der Waals surface area contributed by atoms with E-state index < -0.39 is 0 Å². The zero-order valence-electron chi connectivity index (χ0n) is 5.42. The van der Waals surface area contributed by atoms with E-state index in [2.05, 4.69) is 19.1 Å². The molecule has 1 aromatic carbocycles. The molecule has 47 valence electrons. The van der Waals surface area contributed by atoms with Crippen LogP contribution in [0, 0.1) is 6.92 Å². The Morgan fingerprint density at radius 2 is 2.00 bits per heavy atom. The normalized spacial score (nSPS) is 9.56. The molecule has 0 nitrogen and oxygen atoms in total. The van der Waals surface area contributed by atoms with E-state index in [9.17, 15) is 0 Å². The molecule has 0 atom stereocenters. The predicted molar refractivity (Wildman–Crippen MR) is 42.5 cm³/mol. The average molecular weight is 137 g/mol. The van der Waals surface area contributed by atoms with E-state index in [0.29, 0.717) is 0 Å². The SMILES string of the molecule is Cc1ccccc1C[S]. The average Bonchev–Trinajstić information content (AvgIpc) is 1.89. The van der Waals surface area contributed by atoms with Crippen molar-refractivity contribution in [2.24, 2.45) is 0 Å². The van der Waals surface area contributed by atoms with Crippen LogP contribution in [0.4, 0.5) is 0 Å². The smallest absolute Gasteiger partial charge is 0.0291 e. The van der Waals surface area contributed by atoms with E-state index in [-0.39, 0.29) is 0 Å². The van der Waals surface area contributed by atoms with Crippen LogP contribution in [-0.2, 0) is 5.75 Å². The lowest BCUT2D eigenvalue weighted by atomic mass is 10.1. The van der Waals surface area contributed by atoms with Crippen LogP contribution in [0.2, 0.25) is 0 Å². The molecule has 0 saturated heterocycles. The van der Waals surface area contributed by atoms with Gasteiger partial charge in [-0.25, -0.2) is 0 Å². The fourth-order valence-corrected chi connectivity index (χ4v) is 1.10. The first-order valence-corrected chi connectivity index (χ1v) is 3.55. The summed E-state index contributed by atoms with van der Waals surface area (Å²) in [5, 5.41) is 0. The van der Waals surface area contributed by atoms with Gasteiger partial charge in [0.25, 0.3) is 0 Å². The van der Waals surface area contributed by atoms with Crippen molar-refractivity contribution >= 4 is 12.6 Å². The van der Waals surface area contributed by atoms with Gasteiger partial charge in [-0.2, -0.15) is 0 Å². The Bertz CT molecular complexity index is 194. The summed E-state index contributed by atoms with van der Waals surface area (Å²) in [4.78, 5) is 0. The lowest BCUT2D eigenvalue weighted by Crippen LogP contribution is -1.80. The first-order chi connectivity index (χ1) is 4.34. The third-order valence-electron chi connectivity index (χ3n) is 1.42. The van der Waals surface area contributed by atoms with Crippen molar-refractivity contribution in [3.63, 3.8) is 0 Å². The standard InChI is InChI=1S/C8H9S/c1-7-4-2-3-5-8(7)6-9/h2-5H,6H2,1H3. The molecule has 0 aliphatic rings. The lowest BCUT2D eigenvalue weighted by molar-refractivity contribution is 1.32. The highest BCUT2D eigenvalue weighted by atomic mass is 32.1. The molecule has 0 saturated carbocycles. The first-order valence-electron chi connectivity index (χ1n) is 2.97. The quantitative estimate of drug-likeness (QED) is 0.558. The maximum absolute atomic E-state index is 4.91. The van der Waals surface area contributed by atoms with Crippen LogP contribution in [0.1, 0.15) is 11.1 Å². The highest BCUT2D eigenvalue weighted by molar-refractivity contribution is 7.79. The third kappa shape index (κ3) is 1.49. The summed E-state index contributed by atoms with van der Waals surface area (Å²) in [6.07, 6.45) is 0. The summed E-state index contributed by atoms with van der Waals surface area (Å²) in [5.74, 6) is 0.729. The van der Waals surface area contributed by atoms with Crippen molar-refractivity contribution in [1.29, 1.82) is 0 Å². The summed E-state index contributed by atoms with van der Waals surface area (Å²) in [7, 11) is 0. The molecule has 0 fully saturated rings. The molecule has 1 rings (SSSR count). The molecular formula is C8H9S. The maximum atomic E-state index is 4.91. The molecule has 1 radical (unpaired) electrons. The highest BCUT2D eigenvalue weighted by Gasteiger charge is 1.90. The lowest BCUT2D eigenvalue weighted by Gasteiger charge is -1.97. The summed E-state index contributed by atoms with van der Waals surface area (Å²) < 4.78 is 0. The highest BCUT2D eigenvalue weighted by Crippen LogP contribution is 2.08. The Kier molecular flexibility index (Phi) is 2.17. The van der Waals surface area contributed by atoms with Crippen molar-refractivity contribution in [3.05, 3.63) is 35.4 Å². The molecule has 0 N–H and O–H groups in total. The van der Waals surface area contributed by atoms with E-state index in [4.69, 9.17) is 12.6 Å². The molecule has 1 aromatic rings. The molecule has 0 unspecified atom stereocenters. The number of hydrogen-bond acceptors (Lipinski definition) is 0. The molecule has 0 aliphatic carbocycles. The third-order valence-corrected chi connectivity index (χ3v) is 1.73. The van der Waals surface area contributed by atoms with Gasteiger partial charge in [0, 0.05) is 5.75 Å². The Labute approximate surface area is 61.3 Å². The minimum absolute atomic E-state index is 0.729. The number of benzene rings is 1. The molecule has 0 amide bonds. The van der Waals surface area contributed by atoms with Gasteiger partial charge in [-0.3, -0.25) is 0 Å². The summed E-state index contributed by atoms with van der Waals surface area (Å²) in [6, 6.07) is 8.21. The molecule has 9 heavy (non-hydrogen) atoms. The number of aryl methyl sites for hydroxylation is 1. The topological polar surface area (TPSA) is 0 Å². The monoisotopic (exact) mass is 137 g/mol. The van der Waals surface area contributed by atoms with Crippen molar-refractivity contribution in [2.75, 3.05) is 0 Å². The van der Waals surface area contributed by atoms with Crippen molar-refractivity contribution in [2.45, 2.75) is 12.7 Å². The first kappa shape index (κ1) is 6.69. The Morgan fingerprint density at radius 3 is 2.44 bits per heavy atom. The van der Waals surface area contributed by atoms with E-state index in [0.717, 1.165) is 5.75 Å². The van der Waals surface area contributed by atoms with Gasteiger partial charge >= 0.3 is 0 Å². The summed E-state index contributed by atoms with van der Waals surface area (Å²) in [6.45, 7) is 2.08. The second kappa shape index (κ2) is 2.92. The fourth-order valence-electron chi connectivity index (χ4n) is 0.772. The second-order valence-electron chi connectivity index (χ2n) is 2.07. The van der Waals surface area contributed by atoms with Gasteiger partial charge in [0.05, 0.1) is 0 Å². The molecule has 0 heterocycles. The Morgan fingerprint density at radius 1 is 1.33 bits per heavy atom. The van der Waals surface area contributed by atoms with E-state index >= 15 is 0 Å². The van der Waals surface area contributed by atoms with Gasteiger partial charge in [-0.15, -0.1) is 0 Å². The Hall–Kier alpha value is -0.430. The van der Waals surface area contributed by atoms with Gasteiger partial charge in [0.15, 0.2) is 0 Å². The van der Waals surface area contributed by atoms with Crippen LogP contribution in [-0.4, -0.2) is 0 Å². The predicted octanol–water partition coefficient (Wildman–Crippen LogP) is 2.69. The molecule has 0 bridgehead atoms.